The van der Waals surface area contributed by atoms with E-state index in [0.29, 0.717) is 22.6 Å². The highest BCUT2D eigenvalue weighted by Crippen LogP contribution is 2.35. The molecule has 0 aliphatic heterocycles. The van der Waals surface area contributed by atoms with Crippen LogP contribution >= 0.6 is 0 Å². The number of rotatable bonds is 5. The molecule has 1 atom stereocenters. The van der Waals surface area contributed by atoms with Crippen LogP contribution in [-0.2, 0) is 11.0 Å². The molecule has 1 unspecified atom stereocenters. The molecule has 1 N–H and O–H groups in total. The van der Waals surface area contributed by atoms with Crippen molar-refractivity contribution in [2.75, 3.05) is 5.32 Å². The average molecular weight is 437 g/mol. The number of benzene rings is 2. The molecule has 0 spiro atoms. The van der Waals surface area contributed by atoms with Gasteiger partial charge in [-0.15, -0.1) is 0 Å². The molecular weight excluding hydrogens is 415 g/mol. The number of imidazole rings is 1. The van der Waals surface area contributed by atoms with Crippen molar-refractivity contribution in [3.8, 4) is 0 Å². The molecular formula is C25H22F3N3O. The third-order valence-electron chi connectivity index (χ3n) is 5.46. The lowest BCUT2D eigenvalue weighted by molar-refractivity contribution is -0.137. The van der Waals surface area contributed by atoms with E-state index in [1.54, 1.807) is 24.4 Å². The SMILES string of the molecule is Cc1ccc(NC(=O)CC(c2cccc(C(F)(F)F)c2)c2cnc3c(C)cccn23)cc1. The third kappa shape index (κ3) is 4.51. The maximum atomic E-state index is 13.4. The fraction of sp³-hybridized carbons (Fsp3) is 0.200. The molecule has 0 saturated carbocycles. The topological polar surface area (TPSA) is 46.4 Å². The summed E-state index contributed by atoms with van der Waals surface area (Å²) in [5.74, 6) is -0.904. The van der Waals surface area contributed by atoms with Gasteiger partial charge in [0.1, 0.15) is 5.65 Å². The van der Waals surface area contributed by atoms with E-state index in [4.69, 9.17) is 0 Å². The first-order chi connectivity index (χ1) is 15.2. The molecule has 4 aromatic rings. The number of aryl methyl sites for hydroxylation is 2. The molecule has 4 nitrogen and oxygen atoms in total. The largest absolute Gasteiger partial charge is 0.416 e. The van der Waals surface area contributed by atoms with Gasteiger partial charge in [0.25, 0.3) is 0 Å². The first kappa shape index (κ1) is 21.6. The second-order valence-corrected chi connectivity index (χ2v) is 7.86. The number of hydrogen-bond donors (Lipinski definition) is 1. The highest BCUT2D eigenvalue weighted by Gasteiger charge is 2.32. The van der Waals surface area contributed by atoms with E-state index >= 15 is 0 Å². The summed E-state index contributed by atoms with van der Waals surface area (Å²) in [6, 6.07) is 16.3. The summed E-state index contributed by atoms with van der Waals surface area (Å²) >= 11 is 0. The van der Waals surface area contributed by atoms with Gasteiger partial charge in [0.15, 0.2) is 0 Å². The summed E-state index contributed by atoms with van der Waals surface area (Å²) in [4.78, 5) is 17.3. The summed E-state index contributed by atoms with van der Waals surface area (Å²) in [7, 11) is 0. The maximum absolute atomic E-state index is 13.4. The van der Waals surface area contributed by atoms with E-state index < -0.39 is 17.7 Å². The van der Waals surface area contributed by atoms with Gasteiger partial charge in [0.2, 0.25) is 5.91 Å². The van der Waals surface area contributed by atoms with E-state index in [1.807, 2.05) is 48.7 Å². The molecule has 0 fully saturated rings. The van der Waals surface area contributed by atoms with Gasteiger partial charge < -0.3 is 9.72 Å². The molecule has 0 aliphatic rings. The Kier molecular flexibility index (Phi) is 5.74. The van der Waals surface area contributed by atoms with Gasteiger partial charge in [-0.05, 0) is 49.2 Å². The lowest BCUT2D eigenvalue weighted by Crippen LogP contribution is -2.18. The Balaban J connectivity index is 1.73. The van der Waals surface area contributed by atoms with Gasteiger partial charge in [-0.1, -0.05) is 42.0 Å². The van der Waals surface area contributed by atoms with Gasteiger partial charge in [-0.25, -0.2) is 4.98 Å². The smallest absolute Gasteiger partial charge is 0.326 e. The predicted octanol–water partition coefficient (Wildman–Crippen LogP) is 6.13. The Morgan fingerprint density at radius 2 is 1.81 bits per heavy atom. The first-order valence-electron chi connectivity index (χ1n) is 10.2. The van der Waals surface area contributed by atoms with Crippen LogP contribution in [0.15, 0.2) is 73.1 Å². The van der Waals surface area contributed by atoms with Gasteiger partial charge in [-0.2, -0.15) is 13.2 Å². The minimum atomic E-state index is -4.47. The summed E-state index contributed by atoms with van der Waals surface area (Å²) < 4.78 is 41.9. The van der Waals surface area contributed by atoms with Crippen LogP contribution in [0.4, 0.5) is 18.9 Å². The molecule has 2 aromatic carbocycles. The molecule has 4 rings (SSSR count). The minimum Gasteiger partial charge on any atom is -0.326 e. The maximum Gasteiger partial charge on any atom is 0.416 e. The van der Waals surface area contributed by atoms with Crippen LogP contribution in [0.2, 0.25) is 0 Å². The summed E-state index contributed by atoms with van der Waals surface area (Å²) in [5, 5.41) is 2.84. The fourth-order valence-electron chi connectivity index (χ4n) is 3.79. The Bertz CT molecular complexity index is 1260. The number of carbonyl (C=O) groups is 1. The van der Waals surface area contributed by atoms with E-state index in [9.17, 15) is 18.0 Å². The normalized spacial score (nSPS) is 12.7. The van der Waals surface area contributed by atoms with Crippen LogP contribution in [0.5, 0.6) is 0 Å². The number of anilines is 1. The van der Waals surface area contributed by atoms with Gasteiger partial charge >= 0.3 is 6.18 Å². The van der Waals surface area contributed by atoms with Crippen molar-refractivity contribution < 1.29 is 18.0 Å². The number of nitrogens with one attached hydrogen (secondary N) is 1. The second-order valence-electron chi connectivity index (χ2n) is 7.86. The van der Waals surface area contributed by atoms with Crippen molar-refractivity contribution in [1.29, 1.82) is 0 Å². The molecule has 0 radical (unpaired) electrons. The molecule has 2 heterocycles. The number of carbonyl (C=O) groups excluding carboxylic acids is 1. The van der Waals surface area contributed by atoms with Crippen molar-refractivity contribution in [3.63, 3.8) is 0 Å². The van der Waals surface area contributed by atoms with Crippen LogP contribution in [0, 0.1) is 13.8 Å². The number of aromatic nitrogens is 2. The molecule has 2 aromatic heterocycles. The quantitative estimate of drug-likeness (QED) is 0.408. The zero-order valence-corrected chi connectivity index (χ0v) is 17.6. The van der Waals surface area contributed by atoms with Crippen molar-refractivity contribution in [2.45, 2.75) is 32.4 Å². The molecule has 0 aliphatic carbocycles. The monoisotopic (exact) mass is 437 g/mol. The highest BCUT2D eigenvalue weighted by atomic mass is 19.4. The van der Waals surface area contributed by atoms with Crippen LogP contribution in [0.25, 0.3) is 5.65 Å². The summed E-state index contributed by atoms with van der Waals surface area (Å²) in [6.07, 6.45) is -1.06. The number of hydrogen-bond acceptors (Lipinski definition) is 2. The van der Waals surface area contributed by atoms with Crippen molar-refractivity contribution in [3.05, 3.63) is 101 Å². The van der Waals surface area contributed by atoms with Gasteiger partial charge in [-0.3, -0.25) is 4.79 Å². The van der Waals surface area contributed by atoms with E-state index in [0.717, 1.165) is 23.3 Å². The van der Waals surface area contributed by atoms with Crippen LogP contribution in [0.3, 0.4) is 0 Å². The van der Waals surface area contributed by atoms with E-state index in [2.05, 4.69) is 10.3 Å². The Hall–Kier alpha value is -3.61. The summed E-state index contributed by atoms with van der Waals surface area (Å²) in [5.41, 5.74) is 3.65. The molecule has 1 amide bonds. The van der Waals surface area contributed by atoms with Crippen LogP contribution in [0.1, 0.15) is 40.3 Å². The Morgan fingerprint density at radius 1 is 1.06 bits per heavy atom. The van der Waals surface area contributed by atoms with Crippen LogP contribution < -0.4 is 5.32 Å². The lowest BCUT2D eigenvalue weighted by atomic mass is 9.91. The van der Waals surface area contributed by atoms with E-state index in [-0.39, 0.29) is 12.3 Å². The number of fused-ring (bicyclic) bond motifs is 1. The Labute approximate surface area is 183 Å². The molecule has 164 valence electrons. The van der Waals surface area contributed by atoms with Gasteiger partial charge in [0, 0.05) is 30.4 Å². The number of nitrogens with zero attached hydrogens (tertiary/aromatic N) is 2. The first-order valence-corrected chi connectivity index (χ1v) is 10.2. The molecule has 32 heavy (non-hydrogen) atoms. The van der Waals surface area contributed by atoms with Crippen molar-refractivity contribution in [1.82, 2.24) is 9.38 Å². The van der Waals surface area contributed by atoms with Crippen molar-refractivity contribution in [2.24, 2.45) is 0 Å². The van der Waals surface area contributed by atoms with Crippen molar-refractivity contribution >= 4 is 17.2 Å². The molecule has 7 heteroatoms. The van der Waals surface area contributed by atoms with E-state index in [1.165, 1.54) is 6.07 Å². The standard InChI is InChI=1S/C25H22F3N3O/c1-16-8-10-20(11-9-16)30-23(32)14-21(18-6-3-7-19(13-18)25(26,27)28)22-15-29-24-17(2)5-4-12-31(22)24/h3-13,15,21H,14H2,1-2H3,(H,30,32). The fourth-order valence-corrected chi connectivity index (χ4v) is 3.79. The number of pyridine rings is 1. The van der Waals surface area contributed by atoms with Crippen LogP contribution in [-0.4, -0.2) is 15.3 Å². The average Bonchev–Trinajstić information content (AvgIpc) is 3.18. The minimum absolute atomic E-state index is 0.0308. The Morgan fingerprint density at radius 3 is 2.53 bits per heavy atom. The second kappa shape index (κ2) is 8.49. The number of halogens is 3. The highest BCUT2D eigenvalue weighted by molar-refractivity contribution is 5.91. The number of alkyl halides is 3. The lowest BCUT2D eigenvalue weighted by Gasteiger charge is -2.19. The zero-order valence-electron chi connectivity index (χ0n) is 17.6. The molecule has 0 bridgehead atoms. The summed E-state index contributed by atoms with van der Waals surface area (Å²) in [6.45, 7) is 3.86. The predicted molar refractivity (Wildman–Crippen MR) is 118 cm³/mol. The molecule has 0 saturated heterocycles. The van der Waals surface area contributed by atoms with Gasteiger partial charge in [0.05, 0.1) is 11.3 Å². The number of amides is 1. The zero-order chi connectivity index (χ0) is 22.9. The third-order valence-corrected chi connectivity index (χ3v) is 5.46.